The van der Waals surface area contributed by atoms with Gasteiger partial charge in [0.1, 0.15) is 11.0 Å². The molecule has 0 unspecified atom stereocenters. The van der Waals surface area contributed by atoms with Gasteiger partial charge in [-0.05, 0) is 32.5 Å². The number of aromatic nitrogens is 3. The van der Waals surface area contributed by atoms with Crippen LogP contribution in [0.4, 0.5) is 0 Å². The van der Waals surface area contributed by atoms with Crippen LogP contribution in [0.2, 0.25) is 0 Å². The Kier molecular flexibility index (Phi) is 2.68. The maximum absolute atomic E-state index is 4.50. The molecule has 0 saturated carbocycles. The van der Waals surface area contributed by atoms with Crippen LogP contribution < -0.4 is 5.32 Å². The minimum atomic E-state index is 0.305. The first kappa shape index (κ1) is 10.1. The van der Waals surface area contributed by atoms with E-state index in [1.54, 1.807) is 4.80 Å². The highest BCUT2D eigenvalue weighted by molar-refractivity contribution is 5.77. The van der Waals surface area contributed by atoms with Crippen molar-refractivity contribution in [2.75, 3.05) is 7.05 Å². The number of hydrogen-bond donors (Lipinski definition) is 1. The summed E-state index contributed by atoms with van der Waals surface area (Å²) in [6.07, 6.45) is 0. The summed E-state index contributed by atoms with van der Waals surface area (Å²) in [5.41, 5.74) is 3.17. The molecule has 0 aliphatic carbocycles. The second kappa shape index (κ2) is 3.98. The molecule has 1 N–H and O–H groups in total. The summed E-state index contributed by atoms with van der Waals surface area (Å²) < 4.78 is 0. The van der Waals surface area contributed by atoms with E-state index >= 15 is 0 Å². The molecule has 2 aromatic rings. The van der Waals surface area contributed by atoms with Gasteiger partial charge in [-0.1, -0.05) is 12.1 Å². The standard InChI is InChI=1S/C11H16N4/c1-8(2)15-13-10-6-4-5-9(7-12-3)11(10)14-15/h4-6,8,12H,7H2,1-3H3. The summed E-state index contributed by atoms with van der Waals surface area (Å²) in [7, 11) is 1.94. The van der Waals surface area contributed by atoms with Crippen molar-refractivity contribution < 1.29 is 0 Å². The van der Waals surface area contributed by atoms with Crippen molar-refractivity contribution in [3.63, 3.8) is 0 Å². The molecule has 0 aliphatic heterocycles. The molecule has 1 aromatic carbocycles. The quantitative estimate of drug-likeness (QED) is 0.828. The number of nitrogens with zero attached hydrogens (tertiary/aromatic N) is 3. The van der Waals surface area contributed by atoms with E-state index in [0.29, 0.717) is 6.04 Å². The van der Waals surface area contributed by atoms with Crippen LogP contribution in [0.1, 0.15) is 25.5 Å². The summed E-state index contributed by atoms with van der Waals surface area (Å²) >= 11 is 0. The number of benzene rings is 1. The average Bonchev–Trinajstić information content (AvgIpc) is 2.63. The van der Waals surface area contributed by atoms with Crippen LogP contribution in [0.3, 0.4) is 0 Å². The maximum atomic E-state index is 4.50. The topological polar surface area (TPSA) is 42.7 Å². The molecule has 15 heavy (non-hydrogen) atoms. The fraction of sp³-hybridized carbons (Fsp3) is 0.455. The van der Waals surface area contributed by atoms with Gasteiger partial charge in [0.05, 0.1) is 6.04 Å². The Bertz CT molecular complexity index is 459. The lowest BCUT2D eigenvalue weighted by atomic mass is 10.2. The molecule has 0 amide bonds. The van der Waals surface area contributed by atoms with Crippen LogP contribution >= 0.6 is 0 Å². The zero-order valence-corrected chi connectivity index (χ0v) is 9.36. The maximum Gasteiger partial charge on any atom is 0.117 e. The number of nitrogens with one attached hydrogen (secondary N) is 1. The molecule has 2 rings (SSSR count). The molecule has 0 fully saturated rings. The third kappa shape index (κ3) is 1.85. The third-order valence-electron chi connectivity index (χ3n) is 2.34. The molecule has 1 heterocycles. The predicted molar refractivity (Wildman–Crippen MR) is 60.7 cm³/mol. The van der Waals surface area contributed by atoms with Gasteiger partial charge in [-0.2, -0.15) is 15.0 Å². The van der Waals surface area contributed by atoms with Crippen molar-refractivity contribution in [2.24, 2.45) is 0 Å². The molecule has 0 aliphatic rings. The summed E-state index contributed by atoms with van der Waals surface area (Å²) in [5.74, 6) is 0. The Hall–Kier alpha value is -1.42. The van der Waals surface area contributed by atoms with E-state index in [0.717, 1.165) is 17.6 Å². The summed E-state index contributed by atoms with van der Waals surface area (Å²) in [5, 5.41) is 12.1. The molecular weight excluding hydrogens is 188 g/mol. The lowest BCUT2D eigenvalue weighted by Crippen LogP contribution is -2.06. The molecule has 0 atom stereocenters. The highest BCUT2D eigenvalue weighted by Crippen LogP contribution is 2.15. The first-order valence-electron chi connectivity index (χ1n) is 5.21. The lowest BCUT2D eigenvalue weighted by Gasteiger charge is -2.00. The van der Waals surface area contributed by atoms with Crippen LogP contribution in [0.15, 0.2) is 18.2 Å². The van der Waals surface area contributed by atoms with Crippen LogP contribution in [0.25, 0.3) is 11.0 Å². The van der Waals surface area contributed by atoms with Crippen LogP contribution in [-0.4, -0.2) is 22.0 Å². The van der Waals surface area contributed by atoms with Crippen molar-refractivity contribution in [3.05, 3.63) is 23.8 Å². The van der Waals surface area contributed by atoms with Gasteiger partial charge in [-0.25, -0.2) is 0 Å². The molecule has 1 aromatic heterocycles. The Morgan fingerprint density at radius 1 is 1.33 bits per heavy atom. The zero-order chi connectivity index (χ0) is 10.8. The van der Waals surface area contributed by atoms with E-state index in [1.807, 2.05) is 19.2 Å². The first-order valence-corrected chi connectivity index (χ1v) is 5.21. The van der Waals surface area contributed by atoms with Gasteiger partial charge in [0, 0.05) is 6.54 Å². The van der Waals surface area contributed by atoms with E-state index in [2.05, 4.69) is 35.4 Å². The SMILES string of the molecule is CNCc1cccc2nn(C(C)C)nc12. The molecule has 0 bridgehead atoms. The van der Waals surface area contributed by atoms with Gasteiger partial charge in [0.15, 0.2) is 0 Å². The van der Waals surface area contributed by atoms with Crippen molar-refractivity contribution in [3.8, 4) is 0 Å². The Morgan fingerprint density at radius 2 is 2.13 bits per heavy atom. The average molecular weight is 204 g/mol. The minimum Gasteiger partial charge on any atom is -0.316 e. The number of hydrogen-bond acceptors (Lipinski definition) is 3. The zero-order valence-electron chi connectivity index (χ0n) is 9.36. The molecule has 0 radical (unpaired) electrons. The van der Waals surface area contributed by atoms with Gasteiger partial charge < -0.3 is 5.32 Å². The highest BCUT2D eigenvalue weighted by Gasteiger charge is 2.08. The second-order valence-electron chi connectivity index (χ2n) is 3.93. The van der Waals surface area contributed by atoms with Crippen molar-refractivity contribution in [1.82, 2.24) is 20.3 Å². The summed E-state index contributed by atoms with van der Waals surface area (Å²) in [4.78, 5) is 1.77. The lowest BCUT2D eigenvalue weighted by molar-refractivity contribution is 0.472. The van der Waals surface area contributed by atoms with Gasteiger partial charge in [-0.3, -0.25) is 0 Å². The van der Waals surface area contributed by atoms with Crippen LogP contribution in [0, 0.1) is 0 Å². The van der Waals surface area contributed by atoms with Crippen LogP contribution in [0.5, 0.6) is 0 Å². The van der Waals surface area contributed by atoms with Crippen molar-refractivity contribution in [2.45, 2.75) is 26.4 Å². The van der Waals surface area contributed by atoms with E-state index in [4.69, 9.17) is 0 Å². The summed E-state index contributed by atoms with van der Waals surface area (Å²) in [6, 6.07) is 6.41. The molecule has 4 nitrogen and oxygen atoms in total. The minimum absolute atomic E-state index is 0.305. The van der Waals surface area contributed by atoms with Crippen molar-refractivity contribution in [1.29, 1.82) is 0 Å². The molecule has 80 valence electrons. The van der Waals surface area contributed by atoms with E-state index in [9.17, 15) is 0 Å². The highest BCUT2D eigenvalue weighted by atomic mass is 15.5. The fourth-order valence-electron chi connectivity index (χ4n) is 1.57. The van der Waals surface area contributed by atoms with Gasteiger partial charge in [0.2, 0.25) is 0 Å². The third-order valence-corrected chi connectivity index (χ3v) is 2.34. The largest absolute Gasteiger partial charge is 0.316 e. The smallest absolute Gasteiger partial charge is 0.117 e. The Balaban J connectivity index is 2.54. The normalized spacial score (nSPS) is 11.5. The van der Waals surface area contributed by atoms with Crippen molar-refractivity contribution >= 4 is 11.0 Å². The van der Waals surface area contributed by atoms with E-state index in [-0.39, 0.29) is 0 Å². The number of rotatable bonds is 3. The van der Waals surface area contributed by atoms with Gasteiger partial charge >= 0.3 is 0 Å². The monoisotopic (exact) mass is 204 g/mol. The molecule has 4 heteroatoms. The molecule has 0 saturated heterocycles. The second-order valence-corrected chi connectivity index (χ2v) is 3.93. The van der Waals surface area contributed by atoms with Gasteiger partial charge in [0.25, 0.3) is 0 Å². The Morgan fingerprint density at radius 3 is 2.80 bits per heavy atom. The predicted octanol–water partition coefficient (Wildman–Crippen LogP) is 1.73. The van der Waals surface area contributed by atoms with Gasteiger partial charge in [-0.15, -0.1) is 0 Å². The molecular formula is C11H16N4. The Labute approximate surface area is 89.3 Å². The van der Waals surface area contributed by atoms with Crippen LogP contribution in [-0.2, 0) is 6.54 Å². The van der Waals surface area contributed by atoms with E-state index in [1.165, 1.54) is 5.56 Å². The molecule has 0 spiro atoms. The number of fused-ring (bicyclic) bond motifs is 1. The summed E-state index contributed by atoms with van der Waals surface area (Å²) in [6.45, 7) is 4.99. The fourth-order valence-corrected chi connectivity index (χ4v) is 1.57. The van der Waals surface area contributed by atoms with E-state index < -0.39 is 0 Å². The first-order chi connectivity index (χ1) is 7.22.